The van der Waals surface area contributed by atoms with Gasteiger partial charge in [0.2, 0.25) is 0 Å². The van der Waals surface area contributed by atoms with Crippen molar-refractivity contribution in [3.05, 3.63) is 107 Å². The summed E-state index contributed by atoms with van der Waals surface area (Å²) in [5, 5.41) is 29.0. The molecule has 0 spiro atoms. The van der Waals surface area contributed by atoms with Gasteiger partial charge in [-0.15, -0.1) is 0 Å². The van der Waals surface area contributed by atoms with Crippen LogP contribution in [0, 0.1) is 0 Å². The Labute approximate surface area is 282 Å². The largest absolute Gasteiger partial charge is 0.506 e. The molecule has 1 aliphatic carbocycles. The molecule has 0 saturated heterocycles. The van der Waals surface area contributed by atoms with Crippen molar-refractivity contribution in [2.24, 2.45) is 0 Å². The first-order chi connectivity index (χ1) is 23.9. The zero-order chi connectivity index (χ0) is 34.3. The first-order valence-electron chi connectivity index (χ1n) is 15.8. The predicted octanol–water partition coefficient (Wildman–Crippen LogP) is 4.66. The van der Waals surface area contributed by atoms with Gasteiger partial charge in [0.05, 0.1) is 36.0 Å². The third-order valence-corrected chi connectivity index (χ3v) is 8.25. The number of aliphatic hydroxyl groups excluding tert-OH is 1. The summed E-state index contributed by atoms with van der Waals surface area (Å²) in [4.78, 5) is 46.4. The predicted molar refractivity (Wildman–Crippen MR) is 181 cm³/mol. The van der Waals surface area contributed by atoms with Gasteiger partial charge < -0.3 is 34.8 Å². The fourth-order valence-electron chi connectivity index (χ4n) is 5.73. The van der Waals surface area contributed by atoms with Crippen LogP contribution in [0.1, 0.15) is 27.0 Å². The number of nitrogens with zero attached hydrogens (tertiary/aromatic N) is 5. The summed E-state index contributed by atoms with van der Waals surface area (Å²) in [6, 6.07) is 22.3. The third-order valence-electron chi connectivity index (χ3n) is 8.25. The highest BCUT2D eigenvalue weighted by molar-refractivity contribution is 6.28. The minimum absolute atomic E-state index is 0.0619. The maximum atomic E-state index is 14.0. The molecule has 2 aromatic heterocycles. The van der Waals surface area contributed by atoms with Crippen LogP contribution < -0.4 is 5.32 Å². The van der Waals surface area contributed by atoms with Gasteiger partial charge in [0, 0.05) is 56.1 Å². The lowest BCUT2D eigenvalue weighted by Crippen LogP contribution is -2.36. The highest BCUT2D eigenvalue weighted by Crippen LogP contribution is 2.44. The quantitative estimate of drug-likeness (QED) is 0.159. The Morgan fingerprint density at radius 1 is 0.857 bits per heavy atom. The normalized spacial score (nSPS) is 11.6. The summed E-state index contributed by atoms with van der Waals surface area (Å²) in [7, 11) is 1.63. The van der Waals surface area contributed by atoms with Crippen molar-refractivity contribution in [1.82, 2.24) is 24.6 Å². The highest BCUT2D eigenvalue weighted by Gasteiger charge is 2.33. The van der Waals surface area contributed by atoms with Gasteiger partial charge in [-0.05, 0) is 23.3 Å². The molecular formula is C36H36N6O7. The first-order valence-corrected chi connectivity index (χ1v) is 15.8. The van der Waals surface area contributed by atoms with Crippen molar-refractivity contribution in [2.45, 2.75) is 19.8 Å². The minimum Gasteiger partial charge on any atom is -0.506 e. The van der Waals surface area contributed by atoms with Gasteiger partial charge in [-0.3, -0.25) is 14.5 Å². The van der Waals surface area contributed by atoms with Crippen molar-refractivity contribution < 1.29 is 34.1 Å². The van der Waals surface area contributed by atoms with Crippen LogP contribution >= 0.6 is 0 Å². The van der Waals surface area contributed by atoms with Crippen LogP contribution in [-0.2, 0) is 29.2 Å². The monoisotopic (exact) mass is 664 g/mol. The van der Waals surface area contributed by atoms with E-state index >= 15 is 0 Å². The van der Waals surface area contributed by atoms with Gasteiger partial charge in [0.15, 0.2) is 5.78 Å². The zero-order valence-electron chi connectivity index (χ0n) is 26.9. The number of amides is 2. The molecule has 0 unspecified atom stereocenters. The Kier molecular flexibility index (Phi) is 10.00. The van der Waals surface area contributed by atoms with Crippen LogP contribution in [0.3, 0.4) is 0 Å². The molecule has 0 radical (unpaired) electrons. The molecule has 3 aromatic carbocycles. The van der Waals surface area contributed by atoms with E-state index in [1.807, 2.05) is 66.7 Å². The molecule has 13 heteroatoms. The Bertz CT molecular complexity index is 1970. The van der Waals surface area contributed by atoms with E-state index in [4.69, 9.17) is 14.6 Å². The molecule has 2 heterocycles. The molecule has 0 fully saturated rings. The van der Waals surface area contributed by atoms with Crippen molar-refractivity contribution >= 4 is 34.6 Å². The Hall–Kier alpha value is -5.95. The number of nitrogens with one attached hydrogen (secondary N) is 1. The zero-order valence-corrected chi connectivity index (χ0v) is 26.9. The molecule has 0 aliphatic heterocycles. The molecule has 2 amide bonds. The molecule has 0 atom stereocenters. The van der Waals surface area contributed by atoms with E-state index in [-0.39, 0.29) is 57.3 Å². The summed E-state index contributed by atoms with van der Waals surface area (Å²) in [6.45, 7) is 1.06. The second-order valence-corrected chi connectivity index (χ2v) is 11.5. The van der Waals surface area contributed by atoms with Crippen molar-refractivity contribution in [3.63, 3.8) is 0 Å². The van der Waals surface area contributed by atoms with Crippen LogP contribution in [0.15, 0.2) is 85.2 Å². The standard InChI is InChI=1S/C36H36N6O7/c1-40(35(46)48-22-24-8-4-2-5-9-24)15-14-38-27-12-13-28-32-31(27)34(45)30-26(20-37-21-29(30)44)33(32)39-42(28)17-16-41(18-19-43)36(47)49-23-25-10-6-3-7-11-25/h2-13,20-21,38,43-44H,14-19,22-23H2,1H3. The third kappa shape index (κ3) is 7.16. The van der Waals surface area contributed by atoms with Crippen molar-refractivity contribution in [3.8, 4) is 17.0 Å². The molecule has 3 N–H and O–H groups in total. The number of aliphatic hydroxyl groups is 1. The van der Waals surface area contributed by atoms with Gasteiger partial charge in [-0.25, -0.2) is 9.59 Å². The minimum atomic E-state index is -0.574. The molecule has 5 aromatic rings. The number of fused-ring (bicyclic) bond motifs is 2. The lowest BCUT2D eigenvalue weighted by atomic mass is 9.87. The van der Waals surface area contributed by atoms with Crippen LogP contribution in [0.5, 0.6) is 5.75 Å². The molecule has 13 nitrogen and oxygen atoms in total. The van der Waals surface area contributed by atoms with Crippen molar-refractivity contribution in [1.29, 1.82) is 0 Å². The number of rotatable bonds is 13. The first kappa shape index (κ1) is 33.0. The fraction of sp³-hybridized carbons (Fsp3) is 0.250. The van der Waals surface area contributed by atoms with E-state index < -0.39 is 18.0 Å². The second-order valence-electron chi connectivity index (χ2n) is 11.5. The summed E-state index contributed by atoms with van der Waals surface area (Å²) < 4.78 is 12.6. The summed E-state index contributed by atoms with van der Waals surface area (Å²) in [5.41, 5.74) is 4.16. The lowest BCUT2D eigenvalue weighted by Gasteiger charge is -2.21. The van der Waals surface area contributed by atoms with Gasteiger partial charge in [0.1, 0.15) is 24.7 Å². The molecular weight excluding hydrogens is 628 g/mol. The number of anilines is 1. The smallest absolute Gasteiger partial charge is 0.410 e. The second kappa shape index (κ2) is 14.9. The summed E-state index contributed by atoms with van der Waals surface area (Å²) in [5.74, 6) is -0.654. The maximum Gasteiger partial charge on any atom is 0.410 e. The van der Waals surface area contributed by atoms with Crippen LogP contribution in [0.2, 0.25) is 0 Å². The van der Waals surface area contributed by atoms with E-state index in [0.29, 0.717) is 40.0 Å². The number of aromatic hydroxyl groups is 1. The molecule has 1 aliphatic rings. The number of pyridine rings is 1. The number of aromatic nitrogens is 3. The van der Waals surface area contributed by atoms with Crippen LogP contribution in [0.4, 0.5) is 15.3 Å². The number of ketones is 1. The van der Waals surface area contributed by atoms with E-state index in [1.165, 1.54) is 22.2 Å². The van der Waals surface area contributed by atoms with Gasteiger partial charge in [-0.2, -0.15) is 5.10 Å². The van der Waals surface area contributed by atoms with E-state index in [1.54, 1.807) is 17.8 Å². The molecule has 0 bridgehead atoms. The number of benzene rings is 3. The topological polar surface area (TPSA) is 159 Å². The number of likely N-dealkylation sites (N-methyl/N-ethyl adjacent to an activating group) is 1. The number of hydrogen-bond donors (Lipinski definition) is 3. The Morgan fingerprint density at radius 2 is 1.53 bits per heavy atom. The Morgan fingerprint density at radius 3 is 2.20 bits per heavy atom. The van der Waals surface area contributed by atoms with Gasteiger partial charge >= 0.3 is 12.2 Å². The summed E-state index contributed by atoms with van der Waals surface area (Å²) in [6.07, 6.45) is 1.66. The van der Waals surface area contributed by atoms with E-state index in [2.05, 4.69) is 10.3 Å². The molecule has 252 valence electrons. The highest BCUT2D eigenvalue weighted by atomic mass is 16.6. The van der Waals surface area contributed by atoms with Gasteiger partial charge in [0.25, 0.3) is 0 Å². The van der Waals surface area contributed by atoms with E-state index in [9.17, 15) is 24.6 Å². The van der Waals surface area contributed by atoms with E-state index in [0.717, 1.165) is 11.1 Å². The van der Waals surface area contributed by atoms with Crippen LogP contribution in [-0.4, -0.2) is 92.6 Å². The van der Waals surface area contributed by atoms with Crippen LogP contribution in [0.25, 0.3) is 22.2 Å². The number of carbonyl (C=O) groups excluding carboxylic acids is 3. The van der Waals surface area contributed by atoms with Gasteiger partial charge in [-0.1, -0.05) is 60.7 Å². The average Bonchev–Trinajstić information content (AvgIpc) is 3.50. The summed E-state index contributed by atoms with van der Waals surface area (Å²) >= 11 is 0. The average molecular weight is 665 g/mol. The number of ether oxygens (including phenoxy) is 2. The number of hydrogen-bond acceptors (Lipinski definition) is 10. The van der Waals surface area contributed by atoms with Crippen molar-refractivity contribution in [2.75, 3.05) is 45.2 Å². The molecule has 49 heavy (non-hydrogen) atoms. The Balaban J connectivity index is 1.20. The molecule has 6 rings (SSSR count). The SMILES string of the molecule is CN(CCNc1ccc2c3c(nn2CCN(CCO)C(=O)OCc2ccccc2)-c2cncc(O)c2C(=O)c13)C(=O)OCc1ccccc1. The number of carbonyl (C=O) groups is 3. The fourth-order valence-corrected chi connectivity index (χ4v) is 5.73. The maximum absolute atomic E-state index is 14.0. The lowest BCUT2D eigenvalue weighted by molar-refractivity contribution is 0.0869. The molecule has 0 saturated carbocycles.